The van der Waals surface area contributed by atoms with Crippen LogP contribution in [0.4, 0.5) is 0 Å². The van der Waals surface area contributed by atoms with E-state index >= 15 is 0 Å². The molecule has 1 aromatic heterocycles. The van der Waals surface area contributed by atoms with Gasteiger partial charge in [0.2, 0.25) is 5.91 Å². The van der Waals surface area contributed by atoms with Gasteiger partial charge >= 0.3 is 0 Å². The molecule has 0 aliphatic carbocycles. The molecular weight excluding hydrogens is 406 g/mol. The van der Waals surface area contributed by atoms with Gasteiger partial charge in [-0.15, -0.1) is 0 Å². The molecule has 0 bridgehead atoms. The number of nitrogens with zero attached hydrogens (tertiary/aromatic N) is 1. The quantitative estimate of drug-likeness (QED) is 0.592. The van der Waals surface area contributed by atoms with Gasteiger partial charge in [-0.2, -0.15) is 0 Å². The van der Waals surface area contributed by atoms with Crippen molar-refractivity contribution >= 4 is 22.7 Å². The lowest BCUT2D eigenvalue weighted by atomic mass is 9.93. The number of hydrogen-bond acceptors (Lipinski definition) is 4. The topological polar surface area (TPSA) is 83.7 Å². The first-order valence-corrected chi connectivity index (χ1v) is 10.9. The van der Waals surface area contributed by atoms with Crippen LogP contribution in [0.1, 0.15) is 35.3 Å². The molecule has 32 heavy (non-hydrogen) atoms. The van der Waals surface area contributed by atoms with E-state index in [4.69, 9.17) is 9.47 Å². The minimum absolute atomic E-state index is 0.00238. The molecule has 2 heterocycles. The maximum Gasteiger partial charge on any atom is 0.270 e. The zero-order valence-electron chi connectivity index (χ0n) is 18.5. The molecule has 1 aliphatic heterocycles. The molecule has 1 saturated heterocycles. The van der Waals surface area contributed by atoms with Gasteiger partial charge in [-0.3, -0.25) is 9.59 Å². The SMILES string of the molecule is COc1ccc(CNC(=O)CC2CCN(C(=O)c3cc4ccc(OC)cc4[nH]3)CC2)cc1. The van der Waals surface area contributed by atoms with E-state index < -0.39 is 0 Å². The first kappa shape index (κ1) is 21.7. The van der Waals surface area contributed by atoms with E-state index in [-0.39, 0.29) is 11.8 Å². The fourth-order valence-corrected chi connectivity index (χ4v) is 4.14. The molecule has 7 nitrogen and oxygen atoms in total. The number of H-pyrrole nitrogens is 1. The minimum Gasteiger partial charge on any atom is -0.497 e. The van der Waals surface area contributed by atoms with Crippen LogP contribution in [0.2, 0.25) is 0 Å². The Morgan fingerprint density at radius 2 is 1.69 bits per heavy atom. The fraction of sp³-hybridized carbons (Fsp3) is 0.360. The van der Waals surface area contributed by atoms with Crippen molar-refractivity contribution in [2.75, 3.05) is 27.3 Å². The number of hydrogen-bond donors (Lipinski definition) is 2. The maximum atomic E-state index is 12.9. The second-order valence-corrected chi connectivity index (χ2v) is 8.20. The molecule has 0 saturated carbocycles. The average molecular weight is 436 g/mol. The Morgan fingerprint density at radius 1 is 1.00 bits per heavy atom. The highest BCUT2D eigenvalue weighted by Gasteiger charge is 2.26. The highest BCUT2D eigenvalue weighted by Crippen LogP contribution is 2.25. The van der Waals surface area contributed by atoms with Gasteiger partial charge in [0.25, 0.3) is 5.91 Å². The molecular formula is C25H29N3O4. The van der Waals surface area contributed by atoms with Crippen molar-refractivity contribution in [3.8, 4) is 11.5 Å². The van der Waals surface area contributed by atoms with Crippen molar-refractivity contribution in [1.82, 2.24) is 15.2 Å². The number of likely N-dealkylation sites (tertiary alicyclic amines) is 1. The Labute approximate surface area is 187 Å². The standard InChI is InChI=1S/C25H29N3O4/c1-31-20-6-3-18(4-7-20)16-26-24(29)13-17-9-11-28(12-10-17)25(30)23-14-19-5-8-21(32-2)15-22(19)27-23/h3-8,14-15,17,27H,9-13,16H2,1-2H3,(H,26,29). The Hall–Kier alpha value is -3.48. The van der Waals surface area contributed by atoms with Crippen molar-refractivity contribution in [2.24, 2.45) is 5.92 Å². The number of aromatic amines is 1. The summed E-state index contributed by atoms with van der Waals surface area (Å²) in [5.74, 6) is 1.90. The summed E-state index contributed by atoms with van der Waals surface area (Å²) in [6.45, 7) is 1.83. The first-order chi connectivity index (χ1) is 15.6. The number of carbonyl (C=O) groups is 2. The number of benzene rings is 2. The van der Waals surface area contributed by atoms with E-state index in [1.807, 2.05) is 53.4 Å². The molecule has 0 spiro atoms. The number of ether oxygens (including phenoxy) is 2. The van der Waals surface area contributed by atoms with E-state index in [1.54, 1.807) is 14.2 Å². The molecule has 168 valence electrons. The number of methoxy groups -OCH3 is 2. The van der Waals surface area contributed by atoms with Gasteiger partial charge in [0.05, 0.1) is 14.2 Å². The van der Waals surface area contributed by atoms with Crippen LogP contribution in [0, 0.1) is 5.92 Å². The number of rotatable bonds is 7. The predicted molar refractivity (Wildman–Crippen MR) is 123 cm³/mol. The summed E-state index contributed by atoms with van der Waals surface area (Å²) >= 11 is 0. The molecule has 3 aromatic rings. The molecule has 1 aliphatic rings. The summed E-state index contributed by atoms with van der Waals surface area (Å²) in [5.41, 5.74) is 2.51. The van der Waals surface area contributed by atoms with E-state index in [1.165, 1.54) is 0 Å². The Bertz CT molecular complexity index is 1080. The largest absolute Gasteiger partial charge is 0.497 e. The minimum atomic E-state index is 0.00238. The van der Waals surface area contributed by atoms with E-state index in [9.17, 15) is 9.59 Å². The number of nitrogens with one attached hydrogen (secondary N) is 2. The summed E-state index contributed by atoms with van der Waals surface area (Å²) in [4.78, 5) is 30.4. The van der Waals surface area contributed by atoms with Crippen LogP contribution in [-0.4, -0.2) is 49.0 Å². The summed E-state index contributed by atoms with van der Waals surface area (Å²) in [7, 11) is 3.26. The highest BCUT2D eigenvalue weighted by molar-refractivity contribution is 5.98. The van der Waals surface area contributed by atoms with Crippen molar-refractivity contribution in [2.45, 2.75) is 25.8 Å². The zero-order chi connectivity index (χ0) is 22.5. The Kier molecular flexibility index (Phi) is 6.63. The van der Waals surface area contributed by atoms with Crippen LogP contribution in [0.15, 0.2) is 48.5 Å². The summed E-state index contributed by atoms with van der Waals surface area (Å²) in [5, 5.41) is 3.98. The molecule has 2 N–H and O–H groups in total. The molecule has 0 atom stereocenters. The van der Waals surface area contributed by atoms with Gasteiger partial charge in [-0.05, 0) is 54.7 Å². The summed E-state index contributed by atoms with van der Waals surface area (Å²) in [6, 6.07) is 15.3. The van der Waals surface area contributed by atoms with Gasteiger partial charge in [0.15, 0.2) is 0 Å². The third-order valence-corrected chi connectivity index (χ3v) is 6.08. The number of amides is 2. The lowest BCUT2D eigenvalue weighted by molar-refractivity contribution is -0.122. The van der Waals surface area contributed by atoms with Crippen molar-refractivity contribution in [1.29, 1.82) is 0 Å². The number of fused-ring (bicyclic) bond motifs is 1. The van der Waals surface area contributed by atoms with Crippen LogP contribution in [-0.2, 0) is 11.3 Å². The Balaban J connectivity index is 1.25. The van der Waals surface area contributed by atoms with Crippen LogP contribution < -0.4 is 14.8 Å². The number of carbonyl (C=O) groups excluding carboxylic acids is 2. The summed E-state index contributed by atoms with van der Waals surface area (Å²) < 4.78 is 10.4. The van der Waals surface area contributed by atoms with Crippen LogP contribution >= 0.6 is 0 Å². The normalized spacial score (nSPS) is 14.4. The van der Waals surface area contributed by atoms with E-state index in [0.29, 0.717) is 37.7 Å². The number of aromatic nitrogens is 1. The second kappa shape index (κ2) is 9.77. The fourth-order valence-electron chi connectivity index (χ4n) is 4.14. The number of piperidine rings is 1. The molecule has 0 radical (unpaired) electrons. The lowest BCUT2D eigenvalue weighted by Crippen LogP contribution is -2.39. The van der Waals surface area contributed by atoms with Crippen molar-refractivity contribution < 1.29 is 19.1 Å². The Morgan fingerprint density at radius 3 is 2.38 bits per heavy atom. The second-order valence-electron chi connectivity index (χ2n) is 8.20. The van der Waals surface area contributed by atoms with Gasteiger partial charge in [0.1, 0.15) is 17.2 Å². The van der Waals surface area contributed by atoms with Crippen molar-refractivity contribution in [3.05, 3.63) is 59.8 Å². The smallest absolute Gasteiger partial charge is 0.270 e. The van der Waals surface area contributed by atoms with Crippen molar-refractivity contribution in [3.63, 3.8) is 0 Å². The maximum absolute atomic E-state index is 12.9. The zero-order valence-corrected chi connectivity index (χ0v) is 18.5. The van der Waals surface area contributed by atoms with Gasteiger partial charge in [0, 0.05) is 43.0 Å². The van der Waals surface area contributed by atoms with E-state index in [2.05, 4.69) is 10.3 Å². The van der Waals surface area contributed by atoms with Crippen LogP contribution in [0.25, 0.3) is 10.9 Å². The first-order valence-electron chi connectivity index (χ1n) is 10.9. The van der Waals surface area contributed by atoms with Crippen LogP contribution in [0.3, 0.4) is 0 Å². The molecule has 2 amide bonds. The summed E-state index contributed by atoms with van der Waals surface area (Å²) in [6.07, 6.45) is 2.15. The predicted octanol–water partition coefficient (Wildman–Crippen LogP) is 3.74. The monoisotopic (exact) mass is 435 g/mol. The molecule has 4 rings (SSSR count). The molecule has 0 unspecified atom stereocenters. The third kappa shape index (κ3) is 5.04. The van der Waals surface area contributed by atoms with Crippen LogP contribution in [0.5, 0.6) is 11.5 Å². The van der Waals surface area contributed by atoms with Gasteiger partial charge < -0.3 is 24.7 Å². The average Bonchev–Trinajstić information content (AvgIpc) is 3.26. The molecule has 7 heteroatoms. The highest BCUT2D eigenvalue weighted by atomic mass is 16.5. The third-order valence-electron chi connectivity index (χ3n) is 6.08. The lowest BCUT2D eigenvalue weighted by Gasteiger charge is -2.31. The molecule has 2 aromatic carbocycles. The van der Waals surface area contributed by atoms with E-state index in [0.717, 1.165) is 40.8 Å². The van der Waals surface area contributed by atoms with Gasteiger partial charge in [-0.1, -0.05) is 12.1 Å². The molecule has 1 fully saturated rings. The van der Waals surface area contributed by atoms with Gasteiger partial charge in [-0.25, -0.2) is 0 Å².